The van der Waals surface area contributed by atoms with Gasteiger partial charge in [0.1, 0.15) is 5.76 Å². The van der Waals surface area contributed by atoms with Crippen molar-refractivity contribution in [3.05, 3.63) is 22.6 Å². The summed E-state index contributed by atoms with van der Waals surface area (Å²) in [7, 11) is 0. The highest BCUT2D eigenvalue weighted by molar-refractivity contribution is 6.04. The number of rotatable bonds is 1. The normalized spacial score (nSPS) is 14.7. The molecule has 1 aliphatic carbocycles. The number of carbonyl (C=O) groups is 2. The van der Waals surface area contributed by atoms with Crippen LogP contribution in [-0.4, -0.2) is 16.9 Å². The largest absolute Gasteiger partial charge is 0.475 e. The van der Waals surface area contributed by atoms with Crippen molar-refractivity contribution in [1.29, 1.82) is 0 Å². The molecule has 0 fully saturated rings. The molecule has 0 amide bonds. The molecule has 0 bridgehead atoms. The Bertz CT molecular complexity index is 400. The second-order valence-corrected chi connectivity index (χ2v) is 3.07. The maximum Gasteiger partial charge on any atom is 0.372 e. The summed E-state index contributed by atoms with van der Waals surface area (Å²) in [6.45, 7) is 1.62. The van der Waals surface area contributed by atoms with Crippen LogP contribution < -0.4 is 0 Å². The van der Waals surface area contributed by atoms with Crippen molar-refractivity contribution in [1.82, 2.24) is 0 Å². The van der Waals surface area contributed by atoms with Gasteiger partial charge in [0.25, 0.3) is 0 Å². The highest BCUT2D eigenvalue weighted by Gasteiger charge is 2.31. The van der Waals surface area contributed by atoms with Crippen molar-refractivity contribution in [3.63, 3.8) is 0 Å². The summed E-state index contributed by atoms with van der Waals surface area (Å²) in [6.07, 6.45) is 0.898. The average molecular weight is 180 g/mol. The van der Waals surface area contributed by atoms with Gasteiger partial charge < -0.3 is 9.52 Å². The van der Waals surface area contributed by atoms with Gasteiger partial charge in [-0.1, -0.05) is 0 Å². The summed E-state index contributed by atoms with van der Waals surface area (Å²) < 4.78 is 5.00. The molecule has 0 aliphatic heterocycles. The molecule has 4 heteroatoms. The van der Waals surface area contributed by atoms with Gasteiger partial charge >= 0.3 is 5.97 Å². The Labute approximate surface area is 74.2 Å². The highest BCUT2D eigenvalue weighted by atomic mass is 16.4. The average Bonchev–Trinajstić information content (AvgIpc) is 2.55. The summed E-state index contributed by atoms with van der Waals surface area (Å²) >= 11 is 0. The quantitative estimate of drug-likeness (QED) is 0.709. The van der Waals surface area contributed by atoms with E-state index in [-0.39, 0.29) is 11.5 Å². The zero-order valence-electron chi connectivity index (χ0n) is 7.09. The maximum absolute atomic E-state index is 11.3. The molecule has 13 heavy (non-hydrogen) atoms. The summed E-state index contributed by atoms with van der Waals surface area (Å²) in [4.78, 5) is 21.9. The lowest BCUT2D eigenvalue weighted by Crippen LogP contribution is -1.97. The maximum atomic E-state index is 11.3. The standard InChI is InChI=1S/C9H8O4/c1-4-7-5(2-3-6(7)10)8(13-4)9(11)12/h2-3H2,1H3,(H,11,12). The van der Waals surface area contributed by atoms with Gasteiger partial charge in [0.2, 0.25) is 5.76 Å². The molecule has 1 aromatic rings. The van der Waals surface area contributed by atoms with E-state index in [1.165, 1.54) is 0 Å². The van der Waals surface area contributed by atoms with Crippen LogP contribution in [0, 0.1) is 6.92 Å². The van der Waals surface area contributed by atoms with Gasteiger partial charge in [-0.05, 0) is 13.3 Å². The monoisotopic (exact) mass is 180 g/mol. The summed E-state index contributed by atoms with van der Waals surface area (Å²) in [5, 5.41) is 8.74. The number of Topliss-reactive ketones (excluding diaryl/α,β-unsaturated/α-hetero) is 1. The van der Waals surface area contributed by atoms with E-state index in [2.05, 4.69) is 0 Å². The molecule has 2 rings (SSSR count). The molecule has 0 spiro atoms. The van der Waals surface area contributed by atoms with Gasteiger partial charge in [-0.3, -0.25) is 4.79 Å². The number of hydrogen-bond acceptors (Lipinski definition) is 3. The SMILES string of the molecule is Cc1oc(C(=O)O)c2c1C(=O)CC2. The molecule has 1 aromatic heterocycles. The Hall–Kier alpha value is -1.58. The van der Waals surface area contributed by atoms with Gasteiger partial charge in [-0.15, -0.1) is 0 Å². The third kappa shape index (κ3) is 0.983. The van der Waals surface area contributed by atoms with Gasteiger partial charge in [-0.2, -0.15) is 0 Å². The van der Waals surface area contributed by atoms with Crippen LogP contribution in [-0.2, 0) is 6.42 Å². The van der Waals surface area contributed by atoms with Crippen LogP contribution in [0.3, 0.4) is 0 Å². The lowest BCUT2D eigenvalue weighted by atomic mass is 10.1. The Morgan fingerprint density at radius 3 is 2.77 bits per heavy atom. The van der Waals surface area contributed by atoms with Crippen LogP contribution in [0.2, 0.25) is 0 Å². The minimum atomic E-state index is -1.10. The number of carbonyl (C=O) groups excluding carboxylic acids is 1. The van der Waals surface area contributed by atoms with Gasteiger partial charge in [0.15, 0.2) is 5.78 Å². The Kier molecular flexibility index (Phi) is 1.52. The number of furan rings is 1. The first-order valence-corrected chi connectivity index (χ1v) is 4.00. The number of aryl methyl sites for hydroxylation is 1. The minimum absolute atomic E-state index is 0.0104. The van der Waals surface area contributed by atoms with Crippen LogP contribution in [0.5, 0.6) is 0 Å². The second kappa shape index (κ2) is 2.45. The van der Waals surface area contributed by atoms with Crippen LogP contribution in [0.15, 0.2) is 4.42 Å². The first kappa shape index (κ1) is 8.04. The molecule has 1 N–H and O–H groups in total. The fraction of sp³-hybridized carbons (Fsp3) is 0.333. The molecular weight excluding hydrogens is 172 g/mol. The van der Waals surface area contributed by atoms with E-state index in [0.717, 1.165) is 0 Å². The predicted octanol–water partition coefficient (Wildman–Crippen LogP) is 1.42. The topological polar surface area (TPSA) is 67.5 Å². The van der Waals surface area contributed by atoms with Crippen LogP contribution >= 0.6 is 0 Å². The first-order valence-electron chi connectivity index (χ1n) is 4.00. The molecule has 0 atom stereocenters. The molecule has 68 valence electrons. The zero-order chi connectivity index (χ0) is 9.59. The van der Waals surface area contributed by atoms with Crippen molar-refractivity contribution in [3.8, 4) is 0 Å². The van der Waals surface area contributed by atoms with Crippen molar-refractivity contribution < 1.29 is 19.1 Å². The third-order valence-electron chi connectivity index (χ3n) is 2.26. The molecule has 0 saturated heterocycles. The molecule has 0 radical (unpaired) electrons. The smallest absolute Gasteiger partial charge is 0.372 e. The van der Waals surface area contributed by atoms with E-state index < -0.39 is 5.97 Å². The van der Waals surface area contributed by atoms with E-state index in [9.17, 15) is 9.59 Å². The van der Waals surface area contributed by atoms with Crippen LogP contribution in [0.1, 0.15) is 38.7 Å². The molecule has 1 heterocycles. The Morgan fingerprint density at radius 2 is 2.15 bits per heavy atom. The fourth-order valence-corrected chi connectivity index (χ4v) is 1.73. The van der Waals surface area contributed by atoms with E-state index in [1.54, 1.807) is 6.92 Å². The molecule has 1 aliphatic rings. The molecular formula is C9H8O4. The molecule has 0 unspecified atom stereocenters. The van der Waals surface area contributed by atoms with E-state index in [4.69, 9.17) is 9.52 Å². The van der Waals surface area contributed by atoms with Gasteiger partial charge in [0, 0.05) is 12.0 Å². The summed E-state index contributed by atoms with van der Waals surface area (Å²) in [5.41, 5.74) is 1.05. The number of carboxylic acid groups (broad SMARTS) is 1. The third-order valence-corrected chi connectivity index (χ3v) is 2.26. The van der Waals surface area contributed by atoms with Crippen molar-refractivity contribution in [2.24, 2.45) is 0 Å². The summed E-state index contributed by atoms with van der Waals surface area (Å²) in [5.74, 6) is -0.754. The number of fused-ring (bicyclic) bond motifs is 1. The van der Waals surface area contributed by atoms with Crippen molar-refractivity contribution >= 4 is 11.8 Å². The highest BCUT2D eigenvalue weighted by Crippen LogP contribution is 2.30. The lowest BCUT2D eigenvalue weighted by molar-refractivity contribution is 0.0658. The van der Waals surface area contributed by atoms with Gasteiger partial charge in [0.05, 0.1) is 5.56 Å². The predicted molar refractivity (Wildman–Crippen MR) is 43.1 cm³/mol. The number of ketones is 1. The number of hydrogen-bond donors (Lipinski definition) is 1. The second-order valence-electron chi connectivity index (χ2n) is 3.07. The zero-order valence-corrected chi connectivity index (χ0v) is 7.09. The van der Waals surface area contributed by atoms with Crippen molar-refractivity contribution in [2.75, 3.05) is 0 Å². The van der Waals surface area contributed by atoms with Crippen molar-refractivity contribution in [2.45, 2.75) is 19.8 Å². The van der Waals surface area contributed by atoms with E-state index in [0.29, 0.717) is 29.7 Å². The molecule has 4 nitrogen and oxygen atoms in total. The number of aromatic carboxylic acids is 1. The molecule has 0 aromatic carbocycles. The Morgan fingerprint density at radius 1 is 1.46 bits per heavy atom. The fourth-order valence-electron chi connectivity index (χ4n) is 1.73. The Balaban J connectivity index is 2.65. The first-order chi connectivity index (χ1) is 6.11. The van der Waals surface area contributed by atoms with Crippen LogP contribution in [0.4, 0.5) is 0 Å². The van der Waals surface area contributed by atoms with E-state index in [1.807, 2.05) is 0 Å². The lowest BCUT2D eigenvalue weighted by Gasteiger charge is -1.90. The van der Waals surface area contributed by atoms with E-state index >= 15 is 0 Å². The minimum Gasteiger partial charge on any atom is -0.475 e. The van der Waals surface area contributed by atoms with Gasteiger partial charge in [-0.25, -0.2) is 4.79 Å². The summed E-state index contributed by atoms with van der Waals surface area (Å²) in [6, 6.07) is 0. The van der Waals surface area contributed by atoms with Crippen LogP contribution in [0.25, 0.3) is 0 Å². The number of carboxylic acids is 1. The molecule has 0 saturated carbocycles.